The molecule has 0 aromatic rings. The van der Waals surface area contributed by atoms with E-state index in [4.69, 9.17) is 9.47 Å². The molecule has 1 atom stereocenters. The number of carbonyl (C=O) groups excluding carboxylic acids is 1. The predicted octanol–water partition coefficient (Wildman–Crippen LogP) is 4.40. The molecule has 0 aliphatic carbocycles. The monoisotopic (exact) mass is 411 g/mol. The van der Waals surface area contributed by atoms with Crippen molar-refractivity contribution in [2.45, 2.75) is 77.6 Å². The summed E-state index contributed by atoms with van der Waals surface area (Å²) in [7, 11) is 0. The lowest BCUT2D eigenvalue weighted by Gasteiger charge is -2.43. The Morgan fingerprint density at radius 2 is 1.95 bits per heavy atom. The minimum Gasteiger partial charge on any atom is -0.444 e. The van der Waals surface area contributed by atoms with Gasteiger partial charge in [0.1, 0.15) is 5.60 Å². The van der Waals surface area contributed by atoms with Crippen LogP contribution in [0, 0.1) is 0 Å². The maximum absolute atomic E-state index is 12.3. The third kappa shape index (κ3) is 5.93. The molecule has 1 aliphatic rings. The zero-order valence-electron chi connectivity index (χ0n) is 14.1. The average Bonchev–Trinajstić information content (AvgIpc) is 2.43. The minimum absolute atomic E-state index is 0.216. The van der Waals surface area contributed by atoms with Gasteiger partial charge >= 0.3 is 6.09 Å². The van der Waals surface area contributed by atoms with Crippen LogP contribution in [0.5, 0.6) is 0 Å². The number of piperidine rings is 1. The minimum atomic E-state index is -0.447. The summed E-state index contributed by atoms with van der Waals surface area (Å²) >= 11 is 2.38. The van der Waals surface area contributed by atoms with Crippen molar-refractivity contribution < 1.29 is 14.3 Å². The van der Waals surface area contributed by atoms with Gasteiger partial charge in [-0.1, -0.05) is 36.4 Å². The highest BCUT2D eigenvalue weighted by molar-refractivity contribution is 14.1. The third-order valence-corrected chi connectivity index (χ3v) is 5.15. The van der Waals surface area contributed by atoms with Crippen LogP contribution in [0.4, 0.5) is 4.79 Å². The molecule has 1 saturated heterocycles. The highest BCUT2D eigenvalue weighted by Gasteiger charge is 2.39. The Hall–Kier alpha value is -0.0400. The van der Waals surface area contributed by atoms with E-state index in [1.54, 1.807) is 0 Å². The molecule has 1 rings (SSSR count). The van der Waals surface area contributed by atoms with Crippen molar-refractivity contribution in [1.82, 2.24) is 4.90 Å². The molecule has 0 radical (unpaired) electrons. The van der Waals surface area contributed by atoms with Crippen molar-refractivity contribution in [3.05, 3.63) is 0 Å². The van der Waals surface area contributed by atoms with Gasteiger partial charge in [-0.3, -0.25) is 0 Å². The van der Waals surface area contributed by atoms with E-state index in [0.29, 0.717) is 6.54 Å². The lowest BCUT2D eigenvalue weighted by Crippen LogP contribution is -2.54. The second kappa shape index (κ2) is 7.99. The maximum Gasteiger partial charge on any atom is 0.410 e. The van der Waals surface area contributed by atoms with Gasteiger partial charge in [-0.05, 0) is 46.5 Å². The Bertz CT molecular complexity index is 339. The van der Waals surface area contributed by atoms with Crippen molar-refractivity contribution in [3.63, 3.8) is 0 Å². The number of ether oxygens (including phenoxy) is 2. The quantitative estimate of drug-likeness (QED) is 0.498. The summed E-state index contributed by atoms with van der Waals surface area (Å²) in [5.74, 6) is 0. The van der Waals surface area contributed by atoms with Gasteiger partial charge in [0.2, 0.25) is 0 Å². The molecule has 0 aromatic heterocycles. The zero-order valence-corrected chi connectivity index (χ0v) is 16.2. The van der Waals surface area contributed by atoms with Gasteiger partial charge in [-0.25, -0.2) is 4.79 Å². The molecule has 1 unspecified atom stereocenters. The summed E-state index contributed by atoms with van der Waals surface area (Å²) < 4.78 is 12.8. The van der Waals surface area contributed by atoms with Crippen LogP contribution in [-0.4, -0.2) is 45.8 Å². The Morgan fingerprint density at radius 1 is 1.33 bits per heavy atom. The molecule has 5 heteroatoms. The molecule has 4 nitrogen and oxygen atoms in total. The summed E-state index contributed by atoms with van der Waals surface area (Å²) in [5, 5.41) is 0. The van der Waals surface area contributed by atoms with Crippen LogP contribution >= 0.6 is 22.6 Å². The second-order valence-electron chi connectivity index (χ2n) is 6.88. The van der Waals surface area contributed by atoms with Crippen molar-refractivity contribution in [2.75, 3.05) is 17.5 Å². The highest BCUT2D eigenvalue weighted by Crippen LogP contribution is 2.31. The molecule has 1 fully saturated rings. The number of carbonyl (C=O) groups is 1. The van der Waals surface area contributed by atoms with Crippen LogP contribution in [0.15, 0.2) is 0 Å². The van der Waals surface area contributed by atoms with Crippen molar-refractivity contribution >= 4 is 28.7 Å². The van der Waals surface area contributed by atoms with E-state index in [-0.39, 0.29) is 17.8 Å². The van der Waals surface area contributed by atoms with Gasteiger partial charge in [0.25, 0.3) is 0 Å². The molecular formula is C16H30INO3. The molecule has 1 heterocycles. The summed E-state index contributed by atoms with van der Waals surface area (Å²) in [4.78, 5) is 14.1. The summed E-state index contributed by atoms with van der Waals surface area (Å²) in [6, 6.07) is 0. The number of amides is 1. The van der Waals surface area contributed by atoms with E-state index in [2.05, 4.69) is 36.4 Å². The number of rotatable bonds is 5. The number of hydrogen-bond acceptors (Lipinski definition) is 3. The van der Waals surface area contributed by atoms with Crippen LogP contribution in [0.25, 0.3) is 0 Å². The van der Waals surface area contributed by atoms with Crippen LogP contribution in [0.1, 0.15) is 60.3 Å². The fraction of sp³-hybridized carbons (Fsp3) is 0.938. The number of alkyl halides is 1. The average molecular weight is 411 g/mol. The first-order valence-electron chi connectivity index (χ1n) is 7.97. The summed E-state index contributed by atoms with van der Waals surface area (Å²) in [6.07, 6.45) is 4.08. The smallest absolute Gasteiger partial charge is 0.410 e. The Morgan fingerprint density at radius 3 is 2.43 bits per heavy atom. The van der Waals surface area contributed by atoms with Gasteiger partial charge in [0.05, 0.1) is 18.2 Å². The predicted molar refractivity (Wildman–Crippen MR) is 94.1 cm³/mol. The largest absolute Gasteiger partial charge is 0.444 e. The Kier molecular flexibility index (Phi) is 7.24. The van der Waals surface area contributed by atoms with E-state index >= 15 is 0 Å². The molecule has 21 heavy (non-hydrogen) atoms. The van der Waals surface area contributed by atoms with Crippen LogP contribution in [-0.2, 0) is 9.47 Å². The number of likely N-dealkylation sites (tertiary alicyclic amines) is 1. The Balaban J connectivity index is 2.73. The molecule has 0 spiro atoms. The molecule has 0 saturated carbocycles. The Labute approximate surface area is 143 Å². The van der Waals surface area contributed by atoms with Gasteiger partial charge in [0, 0.05) is 11.0 Å². The number of hydrogen-bond donors (Lipinski definition) is 0. The molecule has 1 amide bonds. The fourth-order valence-corrected chi connectivity index (χ4v) is 3.43. The van der Waals surface area contributed by atoms with Gasteiger partial charge < -0.3 is 14.4 Å². The van der Waals surface area contributed by atoms with Crippen molar-refractivity contribution in [3.8, 4) is 0 Å². The normalized spacial score (nSPS) is 23.5. The van der Waals surface area contributed by atoms with Crippen LogP contribution in [0.2, 0.25) is 0 Å². The van der Waals surface area contributed by atoms with E-state index in [1.807, 2.05) is 25.7 Å². The van der Waals surface area contributed by atoms with Crippen LogP contribution in [0.3, 0.4) is 0 Å². The number of halogens is 1. The van der Waals surface area contributed by atoms with E-state index in [0.717, 1.165) is 36.7 Å². The number of nitrogens with zero attached hydrogens (tertiary/aromatic N) is 1. The molecule has 0 bridgehead atoms. The van der Waals surface area contributed by atoms with E-state index in [9.17, 15) is 4.79 Å². The fourth-order valence-electron chi connectivity index (χ4n) is 2.63. The van der Waals surface area contributed by atoms with Crippen molar-refractivity contribution in [1.29, 1.82) is 0 Å². The summed E-state index contributed by atoms with van der Waals surface area (Å²) in [6.45, 7) is 11.4. The molecule has 0 aromatic carbocycles. The van der Waals surface area contributed by atoms with Gasteiger partial charge in [-0.15, -0.1) is 0 Å². The molecule has 0 N–H and O–H groups in total. The molecular weight excluding hydrogens is 381 g/mol. The lowest BCUT2D eigenvalue weighted by molar-refractivity contribution is -0.113. The first kappa shape index (κ1) is 19.0. The van der Waals surface area contributed by atoms with Gasteiger partial charge in [-0.2, -0.15) is 0 Å². The zero-order chi connectivity index (χ0) is 16.1. The van der Waals surface area contributed by atoms with Crippen LogP contribution < -0.4 is 0 Å². The molecule has 1 aliphatic heterocycles. The maximum atomic E-state index is 12.3. The summed E-state index contributed by atoms with van der Waals surface area (Å²) in [5.41, 5.74) is -0.663. The lowest BCUT2D eigenvalue weighted by atomic mass is 9.94. The SMILES string of the molecule is CCC(CC)OC1(CI)CCCN(C(=O)OC(C)(C)C)C1. The standard InChI is InChI=1S/C16H30INO3/c1-6-13(7-2)20-16(11-17)9-8-10-18(12-16)14(19)21-15(3,4)5/h13H,6-12H2,1-5H3. The van der Waals surface area contributed by atoms with Crippen molar-refractivity contribution in [2.24, 2.45) is 0 Å². The first-order valence-corrected chi connectivity index (χ1v) is 9.49. The second-order valence-corrected chi connectivity index (χ2v) is 7.64. The first-order chi connectivity index (χ1) is 9.75. The third-order valence-electron chi connectivity index (χ3n) is 3.76. The van der Waals surface area contributed by atoms with E-state index < -0.39 is 5.60 Å². The van der Waals surface area contributed by atoms with Gasteiger partial charge in [0.15, 0.2) is 0 Å². The molecule has 124 valence electrons. The topological polar surface area (TPSA) is 38.8 Å². The van der Waals surface area contributed by atoms with E-state index in [1.165, 1.54) is 0 Å². The highest BCUT2D eigenvalue weighted by atomic mass is 127.